The maximum absolute atomic E-state index is 12.6. The number of nitrogens with zero attached hydrogens (tertiary/aromatic N) is 3. The minimum atomic E-state index is -4.51. The molecule has 0 amide bonds. The minimum Gasteiger partial charge on any atom is -0.397 e. The van der Waals surface area contributed by atoms with Crippen LogP contribution in [0.1, 0.15) is 13.0 Å². The smallest absolute Gasteiger partial charge is 0.397 e. The van der Waals surface area contributed by atoms with Gasteiger partial charge in [0, 0.05) is 13.2 Å². The van der Waals surface area contributed by atoms with Gasteiger partial charge in [-0.3, -0.25) is 9.36 Å². The van der Waals surface area contributed by atoms with Crippen LogP contribution in [-0.4, -0.2) is 20.3 Å². The Morgan fingerprint density at radius 3 is 2.53 bits per heavy atom. The van der Waals surface area contributed by atoms with Gasteiger partial charge in [-0.25, -0.2) is 4.98 Å². The number of nitrogens with two attached hydrogens (primary N) is 1. The van der Waals surface area contributed by atoms with Gasteiger partial charge in [0.15, 0.2) is 0 Å². The molecule has 5 nitrogen and oxygen atoms in total. The van der Waals surface area contributed by atoms with E-state index in [0.717, 1.165) is 13.3 Å². The Morgan fingerprint density at radius 2 is 2.00 bits per heavy atom. The number of rotatable bonds is 1. The van der Waals surface area contributed by atoms with Gasteiger partial charge in [-0.1, -0.05) is 0 Å². The van der Waals surface area contributed by atoms with Crippen LogP contribution in [0.25, 0.3) is 11.0 Å². The second-order valence-electron chi connectivity index (χ2n) is 4.07. The lowest BCUT2D eigenvalue weighted by molar-refractivity contribution is -0.163. The Labute approximate surface area is 112 Å². The van der Waals surface area contributed by atoms with Crippen molar-refractivity contribution in [3.8, 4) is 0 Å². The molecule has 2 N–H and O–H groups in total. The maximum Gasteiger partial charge on any atom is 0.409 e. The van der Waals surface area contributed by atoms with Crippen molar-refractivity contribution in [2.24, 2.45) is 7.05 Å². The molecule has 0 radical (unpaired) electrons. The highest BCUT2D eigenvalue weighted by Gasteiger charge is 2.38. The molecule has 1 unspecified atom stereocenters. The molecular weight excluding hydrogens is 285 g/mol. The lowest BCUT2D eigenvalue weighted by atomic mass is 10.3. The number of halogens is 4. The van der Waals surface area contributed by atoms with Crippen LogP contribution < -0.4 is 11.3 Å². The molecule has 2 aromatic heterocycles. The molecule has 106 valence electrons. The van der Waals surface area contributed by atoms with Crippen LogP contribution in [0.5, 0.6) is 0 Å². The summed E-state index contributed by atoms with van der Waals surface area (Å²) in [6.07, 6.45) is -2.17. The van der Waals surface area contributed by atoms with Crippen LogP contribution in [0.2, 0.25) is 0 Å². The Bertz CT molecular complexity index is 661. The van der Waals surface area contributed by atoms with E-state index in [1.54, 1.807) is 7.05 Å². The molecule has 0 bridgehead atoms. The summed E-state index contributed by atoms with van der Waals surface area (Å²) in [7, 11) is 1.61. The molecule has 0 saturated carbocycles. The van der Waals surface area contributed by atoms with E-state index in [0.29, 0.717) is 4.57 Å². The summed E-state index contributed by atoms with van der Waals surface area (Å²) in [4.78, 5) is 15.8. The molecular formula is C10H12ClF3N4O. The lowest BCUT2D eigenvalue weighted by Gasteiger charge is -2.17. The molecule has 0 saturated heterocycles. The molecule has 2 aromatic rings. The van der Waals surface area contributed by atoms with Crippen molar-refractivity contribution in [2.45, 2.75) is 19.1 Å². The summed E-state index contributed by atoms with van der Waals surface area (Å²) in [6, 6.07) is -1.94. The van der Waals surface area contributed by atoms with Gasteiger partial charge in [-0.15, -0.1) is 12.4 Å². The molecule has 0 aliphatic heterocycles. The predicted molar refractivity (Wildman–Crippen MR) is 67.4 cm³/mol. The number of alkyl halides is 3. The standard InChI is InChI=1S/C10H11F3N4O.ClH/c1-5(10(11,12)13)17-4-15-8-7(9(17)18)6(14)3-16(8)2;/h3-5H,14H2,1-2H3;1H. The van der Waals surface area contributed by atoms with Crippen molar-refractivity contribution in [1.82, 2.24) is 14.1 Å². The number of aromatic nitrogens is 3. The van der Waals surface area contributed by atoms with Gasteiger partial charge in [-0.05, 0) is 6.92 Å². The highest BCUT2D eigenvalue weighted by Crippen LogP contribution is 2.29. The lowest BCUT2D eigenvalue weighted by Crippen LogP contribution is -2.32. The third kappa shape index (κ3) is 2.40. The van der Waals surface area contributed by atoms with Crippen LogP contribution >= 0.6 is 12.4 Å². The predicted octanol–water partition coefficient (Wildman–Crippen LogP) is 1.86. The van der Waals surface area contributed by atoms with E-state index < -0.39 is 17.8 Å². The number of aryl methyl sites for hydroxylation is 1. The largest absolute Gasteiger partial charge is 0.409 e. The van der Waals surface area contributed by atoms with E-state index in [4.69, 9.17) is 5.73 Å². The summed E-state index contributed by atoms with van der Waals surface area (Å²) in [5.74, 6) is 0. The second kappa shape index (κ2) is 4.76. The average molecular weight is 297 g/mol. The number of hydrogen-bond acceptors (Lipinski definition) is 3. The first-order chi connectivity index (χ1) is 8.23. The quantitative estimate of drug-likeness (QED) is 0.873. The van der Waals surface area contributed by atoms with E-state index in [1.807, 2.05) is 0 Å². The second-order valence-corrected chi connectivity index (χ2v) is 4.07. The fourth-order valence-electron chi connectivity index (χ4n) is 1.75. The van der Waals surface area contributed by atoms with E-state index in [9.17, 15) is 18.0 Å². The Morgan fingerprint density at radius 1 is 1.42 bits per heavy atom. The van der Waals surface area contributed by atoms with Crippen molar-refractivity contribution >= 4 is 29.1 Å². The molecule has 9 heteroatoms. The number of nitrogen functional groups attached to an aromatic ring is 1. The first-order valence-corrected chi connectivity index (χ1v) is 5.12. The summed E-state index contributed by atoms with van der Waals surface area (Å²) in [5.41, 5.74) is 5.20. The van der Waals surface area contributed by atoms with Crippen molar-refractivity contribution < 1.29 is 13.2 Å². The van der Waals surface area contributed by atoms with E-state index >= 15 is 0 Å². The van der Waals surface area contributed by atoms with E-state index in [2.05, 4.69) is 4.98 Å². The number of hydrogen-bond donors (Lipinski definition) is 1. The third-order valence-electron chi connectivity index (χ3n) is 2.82. The van der Waals surface area contributed by atoms with Crippen molar-refractivity contribution in [3.05, 3.63) is 22.9 Å². The Balaban J connectivity index is 0.00000180. The molecule has 2 rings (SSSR count). The van der Waals surface area contributed by atoms with Gasteiger partial charge in [-0.2, -0.15) is 13.2 Å². The van der Waals surface area contributed by atoms with Crippen molar-refractivity contribution in [3.63, 3.8) is 0 Å². The van der Waals surface area contributed by atoms with Gasteiger partial charge in [0.05, 0.1) is 5.69 Å². The van der Waals surface area contributed by atoms with Gasteiger partial charge in [0.2, 0.25) is 0 Å². The van der Waals surface area contributed by atoms with Gasteiger partial charge in [0.25, 0.3) is 5.56 Å². The number of fused-ring (bicyclic) bond motifs is 1. The van der Waals surface area contributed by atoms with E-state index in [-0.39, 0.29) is 29.1 Å². The molecule has 0 fully saturated rings. The summed E-state index contributed by atoms with van der Waals surface area (Å²) in [5, 5.41) is 0.0103. The highest BCUT2D eigenvalue weighted by molar-refractivity contribution is 5.88. The topological polar surface area (TPSA) is 65.8 Å². The molecule has 2 heterocycles. The molecule has 1 atom stereocenters. The van der Waals surface area contributed by atoms with Crippen molar-refractivity contribution in [2.75, 3.05) is 5.73 Å². The summed E-state index contributed by atoms with van der Waals surface area (Å²) < 4.78 is 39.8. The van der Waals surface area contributed by atoms with Crippen LogP contribution in [0.3, 0.4) is 0 Å². The highest BCUT2D eigenvalue weighted by atomic mass is 35.5. The first kappa shape index (κ1) is 15.4. The van der Waals surface area contributed by atoms with Crippen LogP contribution in [0.15, 0.2) is 17.3 Å². The van der Waals surface area contributed by atoms with Crippen molar-refractivity contribution in [1.29, 1.82) is 0 Å². The summed E-state index contributed by atoms with van der Waals surface area (Å²) in [6.45, 7) is 0.897. The zero-order valence-electron chi connectivity index (χ0n) is 10.1. The minimum absolute atomic E-state index is 0. The van der Waals surface area contributed by atoms with Gasteiger partial charge in [0.1, 0.15) is 23.4 Å². The van der Waals surface area contributed by atoms with E-state index in [1.165, 1.54) is 10.8 Å². The fraction of sp³-hybridized carbons (Fsp3) is 0.400. The van der Waals surface area contributed by atoms with Crippen LogP contribution in [-0.2, 0) is 7.05 Å². The Hall–Kier alpha value is -1.70. The molecule has 0 spiro atoms. The van der Waals surface area contributed by atoms with Gasteiger partial charge < -0.3 is 10.3 Å². The monoisotopic (exact) mass is 296 g/mol. The zero-order chi connectivity index (χ0) is 13.7. The van der Waals surface area contributed by atoms with Gasteiger partial charge >= 0.3 is 6.18 Å². The fourth-order valence-corrected chi connectivity index (χ4v) is 1.75. The SMILES string of the molecule is CC(n1cnc2c(c(N)cn2C)c1=O)C(F)(F)F.Cl. The Kier molecular flexibility index (Phi) is 3.85. The van der Waals surface area contributed by atoms with Crippen LogP contribution in [0, 0.1) is 0 Å². The molecule has 0 aliphatic rings. The normalized spacial score (nSPS) is 13.3. The number of anilines is 1. The zero-order valence-corrected chi connectivity index (χ0v) is 10.9. The molecule has 19 heavy (non-hydrogen) atoms. The average Bonchev–Trinajstić information content (AvgIpc) is 2.53. The van der Waals surface area contributed by atoms with Crippen LogP contribution in [0.4, 0.5) is 18.9 Å². The molecule has 0 aromatic carbocycles. The molecule has 0 aliphatic carbocycles. The maximum atomic E-state index is 12.6. The first-order valence-electron chi connectivity index (χ1n) is 5.12. The third-order valence-corrected chi connectivity index (χ3v) is 2.82. The summed E-state index contributed by atoms with van der Waals surface area (Å²) >= 11 is 0.